The average Bonchev–Trinajstić information content (AvgIpc) is 3.11. The first kappa shape index (κ1) is 14.6. The van der Waals surface area contributed by atoms with E-state index in [0.717, 1.165) is 38.0 Å². The molecule has 6 heteroatoms. The van der Waals surface area contributed by atoms with Crippen molar-refractivity contribution in [1.82, 2.24) is 15.5 Å². The maximum absolute atomic E-state index is 12.8. The van der Waals surface area contributed by atoms with Crippen LogP contribution in [0.3, 0.4) is 0 Å². The SMILES string of the molecule is Cc1noc2nc(C3CC3)cc(C(=O)N[C@H](C)[C@@H]3CCCO3)c12. The van der Waals surface area contributed by atoms with E-state index in [1.165, 1.54) is 0 Å². The lowest BCUT2D eigenvalue weighted by Crippen LogP contribution is -2.41. The predicted molar refractivity (Wildman–Crippen MR) is 84.4 cm³/mol. The van der Waals surface area contributed by atoms with E-state index in [4.69, 9.17) is 9.26 Å². The molecule has 23 heavy (non-hydrogen) atoms. The van der Waals surface area contributed by atoms with Crippen molar-refractivity contribution in [2.45, 2.75) is 57.6 Å². The van der Waals surface area contributed by atoms with Gasteiger partial charge in [-0.1, -0.05) is 5.16 Å². The highest BCUT2D eigenvalue weighted by molar-refractivity contribution is 6.06. The van der Waals surface area contributed by atoms with Gasteiger partial charge in [0.2, 0.25) is 0 Å². The van der Waals surface area contributed by atoms with Crippen LogP contribution >= 0.6 is 0 Å². The largest absolute Gasteiger partial charge is 0.376 e. The summed E-state index contributed by atoms with van der Waals surface area (Å²) in [5.74, 6) is 0.348. The number of ether oxygens (including phenoxy) is 1. The van der Waals surface area contributed by atoms with E-state index in [2.05, 4.69) is 15.5 Å². The van der Waals surface area contributed by atoms with Crippen LogP contribution in [-0.2, 0) is 4.74 Å². The highest BCUT2D eigenvalue weighted by Crippen LogP contribution is 2.40. The van der Waals surface area contributed by atoms with Gasteiger partial charge in [0.1, 0.15) is 0 Å². The maximum atomic E-state index is 12.8. The molecule has 0 spiro atoms. The molecule has 2 aromatic heterocycles. The molecule has 1 saturated carbocycles. The molecule has 2 fully saturated rings. The maximum Gasteiger partial charge on any atom is 0.259 e. The Morgan fingerprint density at radius 1 is 1.39 bits per heavy atom. The topological polar surface area (TPSA) is 77.2 Å². The summed E-state index contributed by atoms with van der Waals surface area (Å²) >= 11 is 0. The fraction of sp³-hybridized carbons (Fsp3) is 0.588. The number of rotatable bonds is 4. The zero-order valence-corrected chi connectivity index (χ0v) is 13.5. The number of carbonyl (C=O) groups is 1. The van der Waals surface area contributed by atoms with Gasteiger partial charge in [0, 0.05) is 18.2 Å². The number of amides is 1. The highest BCUT2D eigenvalue weighted by atomic mass is 16.5. The summed E-state index contributed by atoms with van der Waals surface area (Å²) in [6.45, 7) is 4.61. The number of carbonyl (C=O) groups excluding carboxylic acids is 1. The van der Waals surface area contributed by atoms with Crippen LogP contribution in [0.5, 0.6) is 0 Å². The van der Waals surface area contributed by atoms with E-state index in [0.29, 0.717) is 28.3 Å². The zero-order chi connectivity index (χ0) is 16.0. The van der Waals surface area contributed by atoms with E-state index >= 15 is 0 Å². The quantitative estimate of drug-likeness (QED) is 0.938. The molecule has 0 aromatic carbocycles. The van der Waals surface area contributed by atoms with Gasteiger partial charge >= 0.3 is 0 Å². The fourth-order valence-corrected chi connectivity index (χ4v) is 3.26. The number of fused-ring (bicyclic) bond motifs is 1. The van der Waals surface area contributed by atoms with Crippen LogP contribution in [0.15, 0.2) is 10.6 Å². The van der Waals surface area contributed by atoms with E-state index in [9.17, 15) is 4.79 Å². The normalized spacial score (nSPS) is 22.4. The van der Waals surface area contributed by atoms with Crippen molar-refractivity contribution in [3.8, 4) is 0 Å². The predicted octanol–water partition coefficient (Wildman–Crippen LogP) is 2.71. The molecule has 1 aliphatic carbocycles. The average molecular weight is 315 g/mol. The smallest absolute Gasteiger partial charge is 0.259 e. The number of aromatic nitrogens is 2. The van der Waals surface area contributed by atoms with Gasteiger partial charge < -0.3 is 14.6 Å². The Kier molecular flexibility index (Phi) is 3.56. The molecule has 0 bridgehead atoms. The van der Waals surface area contributed by atoms with E-state index in [1.807, 2.05) is 19.9 Å². The summed E-state index contributed by atoms with van der Waals surface area (Å²) in [5.41, 5.74) is 2.70. The minimum Gasteiger partial charge on any atom is -0.376 e. The molecule has 2 aliphatic rings. The molecule has 1 aliphatic heterocycles. The van der Waals surface area contributed by atoms with Crippen LogP contribution in [0.2, 0.25) is 0 Å². The molecule has 0 unspecified atom stereocenters. The molecule has 1 saturated heterocycles. The molecule has 0 radical (unpaired) electrons. The van der Waals surface area contributed by atoms with Gasteiger partial charge in [-0.3, -0.25) is 4.79 Å². The summed E-state index contributed by atoms with van der Waals surface area (Å²) in [6.07, 6.45) is 4.40. The Morgan fingerprint density at radius 3 is 2.91 bits per heavy atom. The molecule has 2 aromatic rings. The number of pyridine rings is 1. The van der Waals surface area contributed by atoms with Crippen LogP contribution in [0.1, 0.15) is 60.3 Å². The number of hydrogen-bond acceptors (Lipinski definition) is 5. The highest BCUT2D eigenvalue weighted by Gasteiger charge is 2.30. The van der Waals surface area contributed by atoms with Gasteiger partial charge in [0.25, 0.3) is 11.6 Å². The van der Waals surface area contributed by atoms with E-state index in [-0.39, 0.29) is 18.1 Å². The first-order chi connectivity index (χ1) is 11.1. The second kappa shape index (κ2) is 5.60. The Labute approximate surface area is 134 Å². The third-order valence-electron chi connectivity index (χ3n) is 4.76. The molecule has 6 nitrogen and oxygen atoms in total. The Morgan fingerprint density at radius 2 is 2.22 bits per heavy atom. The fourth-order valence-electron chi connectivity index (χ4n) is 3.26. The molecular weight excluding hydrogens is 294 g/mol. The van der Waals surface area contributed by atoms with Gasteiger partial charge in [-0.25, -0.2) is 4.98 Å². The summed E-state index contributed by atoms with van der Waals surface area (Å²) in [4.78, 5) is 17.3. The summed E-state index contributed by atoms with van der Waals surface area (Å²) in [7, 11) is 0. The molecule has 1 amide bonds. The number of nitrogens with zero attached hydrogens (tertiary/aromatic N) is 2. The van der Waals surface area contributed by atoms with Crippen LogP contribution in [0.4, 0.5) is 0 Å². The van der Waals surface area contributed by atoms with E-state index < -0.39 is 0 Å². The van der Waals surface area contributed by atoms with Crippen molar-refractivity contribution in [2.75, 3.05) is 6.61 Å². The minimum absolute atomic E-state index is 0.0160. The van der Waals surface area contributed by atoms with Crippen molar-refractivity contribution in [3.05, 3.63) is 23.0 Å². The van der Waals surface area contributed by atoms with Gasteiger partial charge in [0.15, 0.2) is 0 Å². The number of hydrogen-bond donors (Lipinski definition) is 1. The van der Waals surface area contributed by atoms with Crippen LogP contribution in [-0.4, -0.2) is 34.8 Å². The summed E-state index contributed by atoms with van der Waals surface area (Å²) in [5, 5.41) is 7.76. The van der Waals surface area contributed by atoms with Crippen molar-refractivity contribution >= 4 is 17.0 Å². The second-order valence-corrected chi connectivity index (χ2v) is 6.63. The molecule has 2 atom stereocenters. The van der Waals surface area contributed by atoms with Gasteiger partial charge in [-0.05, 0) is 45.6 Å². The zero-order valence-electron chi connectivity index (χ0n) is 13.5. The summed E-state index contributed by atoms with van der Waals surface area (Å²) < 4.78 is 11.0. The lowest BCUT2D eigenvalue weighted by molar-refractivity contribution is 0.0713. The third-order valence-corrected chi connectivity index (χ3v) is 4.76. The monoisotopic (exact) mass is 315 g/mol. The number of aryl methyl sites for hydroxylation is 1. The molecule has 122 valence electrons. The van der Waals surface area contributed by atoms with Crippen LogP contribution < -0.4 is 5.32 Å². The van der Waals surface area contributed by atoms with Crippen LogP contribution in [0, 0.1) is 6.92 Å². The first-order valence-corrected chi connectivity index (χ1v) is 8.33. The molecule has 1 N–H and O–H groups in total. The van der Waals surface area contributed by atoms with Gasteiger partial charge in [-0.2, -0.15) is 0 Å². The lowest BCUT2D eigenvalue weighted by atomic mass is 10.1. The molecule has 4 rings (SSSR count). The van der Waals surface area contributed by atoms with Crippen molar-refractivity contribution in [2.24, 2.45) is 0 Å². The van der Waals surface area contributed by atoms with Gasteiger partial charge in [0.05, 0.1) is 28.8 Å². The van der Waals surface area contributed by atoms with Crippen molar-refractivity contribution < 1.29 is 14.1 Å². The van der Waals surface area contributed by atoms with Crippen LogP contribution in [0.25, 0.3) is 11.1 Å². The first-order valence-electron chi connectivity index (χ1n) is 8.33. The molecule has 3 heterocycles. The van der Waals surface area contributed by atoms with E-state index in [1.54, 1.807) is 0 Å². The Balaban J connectivity index is 1.65. The summed E-state index contributed by atoms with van der Waals surface area (Å²) in [6, 6.07) is 1.89. The standard InChI is InChI=1S/C17H21N3O3/c1-9(14-4-3-7-22-14)18-16(21)12-8-13(11-5-6-11)19-17-15(12)10(2)20-23-17/h8-9,11,14H,3-7H2,1-2H3,(H,18,21)/t9-,14+/m1/s1. The Hall–Kier alpha value is -1.95. The number of nitrogens with one attached hydrogen (secondary N) is 1. The third kappa shape index (κ3) is 2.72. The molecular formula is C17H21N3O3. The second-order valence-electron chi connectivity index (χ2n) is 6.63. The lowest BCUT2D eigenvalue weighted by Gasteiger charge is -2.20. The Bertz CT molecular complexity index is 745. The van der Waals surface area contributed by atoms with Crippen molar-refractivity contribution in [1.29, 1.82) is 0 Å². The minimum atomic E-state index is -0.103. The van der Waals surface area contributed by atoms with Gasteiger partial charge in [-0.15, -0.1) is 0 Å². The van der Waals surface area contributed by atoms with Crippen molar-refractivity contribution in [3.63, 3.8) is 0 Å².